The summed E-state index contributed by atoms with van der Waals surface area (Å²) in [7, 11) is 0. The Morgan fingerprint density at radius 1 is 1.70 bits per heavy atom. The number of rotatable bonds is 2. The highest BCUT2D eigenvalue weighted by Gasteiger charge is 2.01. The maximum atomic E-state index is 8.87. The highest BCUT2D eigenvalue weighted by Crippen LogP contribution is 2.17. The molecule has 0 amide bonds. The van der Waals surface area contributed by atoms with Crippen LogP contribution in [0.5, 0.6) is 5.88 Å². The SMILES string of the molecule is CC(C)Cc1nc(O)cs1. The zero-order valence-electron chi connectivity index (χ0n) is 6.16. The molecule has 1 rings (SSSR count). The van der Waals surface area contributed by atoms with E-state index in [1.54, 1.807) is 5.38 Å². The molecule has 0 aliphatic rings. The monoisotopic (exact) mass is 157 g/mol. The van der Waals surface area contributed by atoms with Crippen LogP contribution < -0.4 is 0 Å². The second-order valence-corrected chi connectivity index (χ2v) is 3.64. The first kappa shape index (κ1) is 7.54. The minimum Gasteiger partial charge on any atom is -0.493 e. The van der Waals surface area contributed by atoms with Crippen LogP contribution in [-0.4, -0.2) is 10.1 Å². The van der Waals surface area contributed by atoms with Crippen molar-refractivity contribution in [2.75, 3.05) is 0 Å². The van der Waals surface area contributed by atoms with Gasteiger partial charge in [0.25, 0.3) is 0 Å². The van der Waals surface area contributed by atoms with Gasteiger partial charge in [0, 0.05) is 6.42 Å². The molecule has 0 radical (unpaired) electrons. The molecule has 1 aromatic heterocycles. The van der Waals surface area contributed by atoms with E-state index in [4.69, 9.17) is 5.11 Å². The van der Waals surface area contributed by atoms with Crippen molar-refractivity contribution in [1.82, 2.24) is 4.98 Å². The standard InChI is InChI=1S/C7H11NOS/c1-5(2)3-7-8-6(9)4-10-7/h4-5,9H,3H2,1-2H3. The van der Waals surface area contributed by atoms with E-state index in [-0.39, 0.29) is 5.88 Å². The first-order valence-corrected chi connectivity index (χ1v) is 4.20. The first-order chi connectivity index (χ1) is 4.68. The van der Waals surface area contributed by atoms with Gasteiger partial charge in [-0.05, 0) is 5.92 Å². The Morgan fingerprint density at radius 3 is 2.80 bits per heavy atom. The molecule has 0 aromatic carbocycles. The second-order valence-electron chi connectivity index (χ2n) is 2.70. The van der Waals surface area contributed by atoms with Crippen molar-refractivity contribution >= 4 is 11.3 Å². The number of thiazole rings is 1. The Bertz CT molecular complexity index is 207. The van der Waals surface area contributed by atoms with E-state index in [0.29, 0.717) is 5.92 Å². The first-order valence-electron chi connectivity index (χ1n) is 3.32. The summed E-state index contributed by atoms with van der Waals surface area (Å²) >= 11 is 1.52. The van der Waals surface area contributed by atoms with Crippen molar-refractivity contribution in [3.8, 4) is 5.88 Å². The highest BCUT2D eigenvalue weighted by atomic mass is 32.1. The molecule has 10 heavy (non-hydrogen) atoms. The summed E-state index contributed by atoms with van der Waals surface area (Å²) in [6.45, 7) is 4.27. The molecule has 1 aromatic rings. The molecule has 56 valence electrons. The van der Waals surface area contributed by atoms with Crippen LogP contribution in [0.3, 0.4) is 0 Å². The van der Waals surface area contributed by atoms with E-state index < -0.39 is 0 Å². The fourth-order valence-corrected chi connectivity index (χ4v) is 1.61. The van der Waals surface area contributed by atoms with Gasteiger partial charge in [-0.2, -0.15) is 0 Å². The summed E-state index contributed by atoms with van der Waals surface area (Å²) in [5, 5.41) is 11.6. The van der Waals surface area contributed by atoms with Crippen LogP contribution in [0.1, 0.15) is 18.9 Å². The maximum absolute atomic E-state index is 8.87. The van der Waals surface area contributed by atoms with Crippen molar-refractivity contribution < 1.29 is 5.11 Å². The van der Waals surface area contributed by atoms with Gasteiger partial charge in [0.1, 0.15) is 0 Å². The quantitative estimate of drug-likeness (QED) is 0.712. The summed E-state index contributed by atoms with van der Waals surface area (Å²) in [6.07, 6.45) is 0.964. The van der Waals surface area contributed by atoms with Gasteiger partial charge in [0.05, 0.1) is 10.4 Å². The zero-order chi connectivity index (χ0) is 7.56. The molecule has 1 heterocycles. The van der Waals surface area contributed by atoms with E-state index in [0.717, 1.165) is 11.4 Å². The molecular weight excluding hydrogens is 146 g/mol. The van der Waals surface area contributed by atoms with Crippen LogP contribution in [0.2, 0.25) is 0 Å². The Kier molecular flexibility index (Phi) is 2.27. The average molecular weight is 157 g/mol. The molecule has 0 aliphatic heterocycles. The topological polar surface area (TPSA) is 33.1 Å². The van der Waals surface area contributed by atoms with E-state index in [1.165, 1.54) is 11.3 Å². The Morgan fingerprint density at radius 2 is 2.40 bits per heavy atom. The van der Waals surface area contributed by atoms with Gasteiger partial charge in [-0.25, -0.2) is 4.98 Å². The zero-order valence-corrected chi connectivity index (χ0v) is 6.98. The second kappa shape index (κ2) is 3.01. The molecule has 3 heteroatoms. The number of hydrogen-bond acceptors (Lipinski definition) is 3. The molecule has 0 aliphatic carbocycles. The lowest BCUT2D eigenvalue weighted by Crippen LogP contribution is -1.91. The largest absolute Gasteiger partial charge is 0.493 e. The number of aromatic hydroxyl groups is 1. The number of nitrogens with zero attached hydrogens (tertiary/aromatic N) is 1. The molecule has 0 spiro atoms. The maximum Gasteiger partial charge on any atom is 0.222 e. The van der Waals surface area contributed by atoms with Gasteiger partial charge in [0.2, 0.25) is 5.88 Å². The Labute approximate surface area is 64.5 Å². The molecule has 1 N–H and O–H groups in total. The predicted octanol–water partition coefficient (Wildman–Crippen LogP) is 2.05. The van der Waals surface area contributed by atoms with E-state index in [2.05, 4.69) is 18.8 Å². The average Bonchev–Trinajstić information content (AvgIpc) is 2.13. The minimum atomic E-state index is 0.153. The van der Waals surface area contributed by atoms with Gasteiger partial charge >= 0.3 is 0 Å². The van der Waals surface area contributed by atoms with Crippen LogP contribution >= 0.6 is 11.3 Å². The van der Waals surface area contributed by atoms with Crippen molar-refractivity contribution in [3.05, 3.63) is 10.4 Å². The lowest BCUT2D eigenvalue weighted by Gasteiger charge is -1.97. The molecule has 0 atom stereocenters. The summed E-state index contributed by atoms with van der Waals surface area (Å²) in [5.74, 6) is 0.770. The fourth-order valence-electron chi connectivity index (χ4n) is 0.744. The molecule has 0 bridgehead atoms. The van der Waals surface area contributed by atoms with Crippen molar-refractivity contribution in [1.29, 1.82) is 0 Å². The van der Waals surface area contributed by atoms with Gasteiger partial charge in [-0.1, -0.05) is 13.8 Å². The van der Waals surface area contributed by atoms with Crippen molar-refractivity contribution in [2.24, 2.45) is 5.92 Å². The molecule has 0 saturated heterocycles. The van der Waals surface area contributed by atoms with Gasteiger partial charge < -0.3 is 5.11 Å². The smallest absolute Gasteiger partial charge is 0.222 e. The van der Waals surface area contributed by atoms with Gasteiger partial charge in [-0.3, -0.25) is 0 Å². The van der Waals surface area contributed by atoms with Gasteiger partial charge in [-0.15, -0.1) is 11.3 Å². The van der Waals surface area contributed by atoms with E-state index in [1.807, 2.05) is 0 Å². The van der Waals surface area contributed by atoms with Crippen LogP contribution in [0.4, 0.5) is 0 Å². The Hall–Kier alpha value is -0.570. The molecule has 0 unspecified atom stereocenters. The third-order valence-corrected chi connectivity index (χ3v) is 1.98. The number of aromatic nitrogens is 1. The van der Waals surface area contributed by atoms with E-state index >= 15 is 0 Å². The fraction of sp³-hybridized carbons (Fsp3) is 0.571. The van der Waals surface area contributed by atoms with Crippen LogP contribution in [-0.2, 0) is 6.42 Å². The molecule has 0 saturated carbocycles. The van der Waals surface area contributed by atoms with Crippen LogP contribution in [0.25, 0.3) is 0 Å². The van der Waals surface area contributed by atoms with E-state index in [9.17, 15) is 0 Å². The van der Waals surface area contributed by atoms with Gasteiger partial charge in [0.15, 0.2) is 0 Å². The van der Waals surface area contributed by atoms with Crippen molar-refractivity contribution in [3.63, 3.8) is 0 Å². The van der Waals surface area contributed by atoms with Crippen molar-refractivity contribution in [2.45, 2.75) is 20.3 Å². The normalized spacial score (nSPS) is 10.7. The minimum absolute atomic E-state index is 0.153. The molecular formula is C7H11NOS. The highest BCUT2D eigenvalue weighted by molar-refractivity contribution is 7.09. The summed E-state index contributed by atoms with van der Waals surface area (Å²) < 4.78 is 0. The molecule has 2 nitrogen and oxygen atoms in total. The summed E-state index contributed by atoms with van der Waals surface area (Å²) in [6, 6.07) is 0. The summed E-state index contributed by atoms with van der Waals surface area (Å²) in [4.78, 5) is 3.92. The lowest BCUT2D eigenvalue weighted by atomic mass is 10.1. The van der Waals surface area contributed by atoms with Crippen LogP contribution in [0.15, 0.2) is 5.38 Å². The predicted molar refractivity (Wildman–Crippen MR) is 42.3 cm³/mol. The third kappa shape index (κ3) is 1.99. The Balaban J connectivity index is 2.58. The third-order valence-electron chi connectivity index (χ3n) is 1.12. The number of hydrogen-bond donors (Lipinski definition) is 1. The lowest BCUT2D eigenvalue weighted by molar-refractivity contribution is 0.454. The molecule has 0 fully saturated rings. The summed E-state index contributed by atoms with van der Waals surface area (Å²) in [5.41, 5.74) is 0. The van der Waals surface area contributed by atoms with Crippen LogP contribution in [0, 0.1) is 5.92 Å².